The number of benzene rings is 1. The molecule has 6 nitrogen and oxygen atoms in total. The van der Waals surface area contributed by atoms with Crippen LogP contribution in [0.4, 0.5) is 11.4 Å². The number of nitro groups is 1. The van der Waals surface area contributed by atoms with Gasteiger partial charge in [0.25, 0.3) is 5.69 Å². The Morgan fingerprint density at radius 2 is 2.22 bits per heavy atom. The molecule has 8 heteroatoms. The Kier molecular flexibility index (Phi) is 4.99. The molecule has 0 saturated carbocycles. The molecule has 0 aliphatic rings. The first-order valence-electron chi connectivity index (χ1n) is 4.98. The zero-order valence-electron chi connectivity index (χ0n) is 9.40. The quantitative estimate of drug-likeness (QED) is 0.507. The second kappa shape index (κ2) is 6.27. The molecule has 0 radical (unpaired) electrons. The van der Waals surface area contributed by atoms with E-state index in [0.29, 0.717) is 0 Å². The van der Waals surface area contributed by atoms with Gasteiger partial charge < -0.3 is 10.6 Å². The highest BCUT2D eigenvalue weighted by Crippen LogP contribution is 2.26. The Hall–Kier alpha value is -1.73. The van der Waals surface area contributed by atoms with Crippen LogP contribution in [0, 0.1) is 10.1 Å². The second-order valence-corrected chi connectivity index (χ2v) is 4.09. The van der Waals surface area contributed by atoms with Crippen LogP contribution in [0.25, 0.3) is 0 Å². The molecule has 0 heterocycles. The minimum atomic E-state index is -0.546. The van der Waals surface area contributed by atoms with E-state index in [2.05, 4.69) is 10.6 Å². The van der Waals surface area contributed by atoms with Crippen LogP contribution in [0.1, 0.15) is 13.3 Å². The van der Waals surface area contributed by atoms with E-state index in [-0.39, 0.29) is 33.8 Å². The predicted octanol–water partition coefficient (Wildman–Crippen LogP) is 2.47. The van der Waals surface area contributed by atoms with Gasteiger partial charge >= 0.3 is 0 Å². The standard InChI is InChI=1S/C10H10ClN3O3S/c1-2-9(15)13-10(18)12-8-5-6(14(16)17)3-4-7(8)11/h3-5H,2H2,1H3,(H2,12,13,15,18). The number of rotatable bonds is 3. The molecule has 2 N–H and O–H groups in total. The van der Waals surface area contributed by atoms with Gasteiger partial charge in [-0.1, -0.05) is 18.5 Å². The van der Waals surface area contributed by atoms with E-state index in [1.54, 1.807) is 6.92 Å². The number of nitrogens with one attached hydrogen (secondary N) is 2. The molecule has 18 heavy (non-hydrogen) atoms. The SMILES string of the molecule is CCC(=O)NC(=S)Nc1cc([N+](=O)[O-])ccc1Cl. The molecule has 1 aromatic rings. The molecule has 0 atom stereocenters. The van der Waals surface area contributed by atoms with E-state index in [1.807, 2.05) is 0 Å². The largest absolute Gasteiger partial charge is 0.331 e. The van der Waals surface area contributed by atoms with Crippen molar-refractivity contribution < 1.29 is 9.72 Å². The van der Waals surface area contributed by atoms with Crippen molar-refractivity contribution in [3.63, 3.8) is 0 Å². The van der Waals surface area contributed by atoms with Crippen LogP contribution in [0.3, 0.4) is 0 Å². The molecule has 0 aliphatic heterocycles. The van der Waals surface area contributed by atoms with Crippen LogP contribution in [-0.4, -0.2) is 15.9 Å². The normalized spacial score (nSPS) is 9.67. The summed E-state index contributed by atoms with van der Waals surface area (Å²) in [6.07, 6.45) is 0.282. The van der Waals surface area contributed by atoms with Crippen LogP contribution >= 0.6 is 23.8 Å². The van der Waals surface area contributed by atoms with Gasteiger partial charge in [0.1, 0.15) is 0 Å². The molecule has 0 aliphatic carbocycles. The van der Waals surface area contributed by atoms with Crippen molar-refractivity contribution in [1.82, 2.24) is 5.32 Å². The number of nitro benzene ring substituents is 1. The van der Waals surface area contributed by atoms with Crippen LogP contribution in [-0.2, 0) is 4.79 Å². The second-order valence-electron chi connectivity index (χ2n) is 3.28. The van der Waals surface area contributed by atoms with Gasteiger partial charge in [0.2, 0.25) is 5.91 Å². The van der Waals surface area contributed by atoms with Gasteiger partial charge in [-0.15, -0.1) is 0 Å². The van der Waals surface area contributed by atoms with Crippen molar-refractivity contribution in [1.29, 1.82) is 0 Å². The molecular formula is C10H10ClN3O3S. The number of carbonyl (C=O) groups is 1. The lowest BCUT2D eigenvalue weighted by Crippen LogP contribution is -2.33. The van der Waals surface area contributed by atoms with Gasteiger partial charge in [-0.3, -0.25) is 14.9 Å². The summed E-state index contributed by atoms with van der Waals surface area (Å²) in [4.78, 5) is 21.2. The van der Waals surface area contributed by atoms with Gasteiger partial charge in [0.15, 0.2) is 5.11 Å². The van der Waals surface area contributed by atoms with Gasteiger partial charge in [-0.2, -0.15) is 0 Å². The maximum absolute atomic E-state index is 11.1. The van der Waals surface area contributed by atoms with Crippen molar-refractivity contribution in [2.75, 3.05) is 5.32 Å². The molecule has 1 amide bonds. The minimum absolute atomic E-state index is 0.0456. The van der Waals surface area contributed by atoms with Crippen LogP contribution in [0.2, 0.25) is 5.02 Å². The number of hydrogen-bond acceptors (Lipinski definition) is 4. The number of hydrogen-bond donors (Lipinski definition) is 2. The van der Waals surface area contributed by atoms with E-state index in [1.165, 1.54) is 18.2 Å². The molecule has 0 spiro atoms. The average Bonchev–Trinajstić information content (AvgIpc) is 2.31. The fourth-order valence-corrected chi connectivity index (χ4v) is 1.48. The van der Waals surface area contributed by atoms with E-state index in [4.69, 9.17) is 23.8 Å². The Bertz CT molecular complexity index is 507. The lowest BCUT2D eigenvalue weighted by atomic mass is 10.3. The van der Waals surface area contributed by atoms with Crippen LogP contribution < -0.4 is 10.6 Å². The third kappa shape index (κ3) is 3.94. The summed E-state index contributed by atoms with van der Waals surface area (Å²) >= 11 is 10.7. The Morgan fingerprint density at radius 1 is 1.56 bits per heavy atom. The van der Waals surface area contributed by atoms with E-state index >= 15 is 0 Å². The summed E-state index contributed by atoms with van der Waals surface area (Å²) < 4.78 is 0. The highest BCUT2D eigenvalue weighted by molar-refractivity contribution is 7.80. The molecule has 0 bridgehead atoms. The summed E-state index contributed by atoms with van der Waals surface area (Å²) in [5.41, 5.74) is 0.152. The first kappa shape index (κ1) is 14.3. The smallest absolute Gasteiger partial charge is 0.271 e. The number of thiocarbonyl (C=S) groups is 1. The molecular weight excluding hydrogens is 278 g/mol. The maximum atomic E-state index is 11.1. The van der Waals surface area contributed by atoms with Crippen LogP contribution in [0.15, 0.2) is 18.2 Å². The first-order valence-corrected chi connectivity index (χ1v) is 5.77. The Balaban J connectivity index is 2.83. The first-order chi connectivity index (χ1) is 8.43. The summed E-state index contributed by atoms with van der Waals surface area (Å²) in [7, 11) is 0. The minimum Gasteiger partial charge on any atom is -0.331 e. The van der Waals surface area contributed by atoms with Gasteiger partial charge in [0, 0.05) is 18.6 Å². The lowest BCUT2D eigenvalue weighted by molar-refractivity contribution is -0.384. The Labute approximate surface area is 113 Å². The fourth-order valence-electron chi connectivity index (χ4n) is 1.09. The highest BCUT2D eigenvalue weighted by atomic mass is 35.5. The summed E-state index contributed by atoms with van der Waals surface area (Å²) in [5, 5.41) is 16.0. The van der Waals surface area contributed by atoms with Gasteiger partial charge in [0.05, 0.1) is 15.6 Å². The third-order valence-corrected chi connectivity index (χ3v) is 2.52. The van der Waals surface area contributed by atoms with Crippen molar-refractivity contribution >= 4 is 46.2 Å². The zero-order chi connectivity index (χ0) is 13.7. The molecule has 0 saturated heterocycles. The van der Waals surface area contributed by atoms with Crippen molar-refractivity contribution in [2.45, 2.75) is 13.3 Å². The highest BCUT2D eigenvalue weighted by Gasteiger charge is 2.11. The topological polar surface area (TPSA) is 84.3 Å². The van der Waals surface area contributed by atoms with Crippen molar-refractivity contribution in [2.24, 2.45) is 0 Å². The van der Waals surface area contributed by atoms with E-state index in [9.17, 15) is 14.9 Å². The number of nitrogens with zero attached hydrogens (tertiary/aromatic N) is 1. The third-order valence-electron chi connectivity index (χ3n) is 1.98. The van der Waals surface area contributed by atoms with Gasteiger partial charge in [-0.25, -0.2) is 0 Å². The predicted molar refractivity (Wildman–Crippen MR) is 72.8 cm³/mol. The molecule has 1 aromatic carbocycles. The Morgan fingerprint density at radius 3 is 2.78 bits per heavy atom. The van der Waals surface area contributed by atoms with E-state index in [0.717, 1.165) is 0 Å². The number of non-ortho nitro benzene ring substituents is 1. The maximum Gasteiger partial charge on any atom is 0.271 e. The fraction of sp³-hybridized carbons (Fsp3) is 0.200. The van der Waals surface area contributed by atoms with Crippen molar-refractivity contribution in [3.05, 3.63) is 33.3 Å². The lowest BCUT2D eigenvalue weighted by Gasteiger charge is -2.09. The number of anilines is 1. The molecule has 1 rings (SSSR count). The molecule has 0 aromatic heterocycles. The number of amides is 1. The average molecular weight is 288 g/mol. The molecule has 0 unspecified atom stereocenters. The summed E-state index contributed by atoms with van der Waals surface area (Å²) in [6.45, 7) is 1.68. The van der Waals surface area contributed by atoms with Crippen molar-refractivity contribution in [3.8, 4) is 0 Å². The summed E-state index contributed by atoms with van der Waals surface area (Å²) in [6, 6.07) is 3.90. The molecule has 0 fully saturated rings. The number of halogens is 1. The summed E-state index contributed by atoms with van der Waals surface area (Å²) in [5.74, 6) is -0.256. The molecule has 96 valence electrons. The zero-order valence-corrected chi connectivity index (χ0v) is 11.0. The van der Waals surface area contributed by atoms with Gasteiger partial charge in [-0.05, 0) is 18.3 Å². The van der Waals surface area contributed by atoms with Crippen LogP contribution in [0.5, 0.6) is 0 Å². The number of carbonyl (C=O) groups excluding carboxylic acids is 1. The monoisotopic (exact) mass is 287 g/mol. The van der Waals surface area contributed by atoms with E-state index < -0.39 is 4.92 Å².